The maximum Gasteiger partial charge on any atom is -0.00308 e. The first kappa shape index (κ1) is 13.3. The van der Waals surface area contributed by atoms with Crippen molar-refractivity contribution in [3.05, 3.63) is 35.9 Å². The van der Waals surface area contributed by atoms with Gasteiger partial charge in [0.25, 0.3) is 0 Å². The normalized spacial score (nSPS) is 41.8. The van der Waals surface area contributed by atoms with E-state index in [1.807, 2.05) is 0 Å². The number of rotatable bonds is 2. The molecule has 0 saturated heterocycles. The van der Waals surface area contributed by atoms with E-state index in [1.54, 1.807) is 5.56 Å². The number of fused-ring (bicyclic) bond motifs is 2. The average Bonchev–Trinajstić information content (AvgIpc) is 2.38. The van der Waals surface area contributed by atoms with Crippen molar-refractivity contribution in [3.63, 3.8) is 0 Å². The Labute approximate surface area is 122 Å². The minimum atomic E-state index is 0.258. The first-order chi connectivity index (χ1) is 9.05. The summed E-state index contributed by atoms with van der Waals surface area (Å²) < 4.78 is 0. The zero-order valence-electron chi connectivity index (χ0n) is 12.1. The van der Waals surface area contributed by atoms with E-state index >= 15 is 0 Å². The van der Waals surface area contributed by atoms with Gasteiger partial charge in [0.1, 0.15) is 0 Å². The smallest absolute Gasteiger partial charge is 0.00308 e. The highest BCUT2D eigenvalue weighted by Gasteiger charge is 2.49. The maximum absolute atomic E-state index is 5.37. The van der Waals surface area contributed by atoms with Crippen LogP contribution in [0.1, 0.15) is 51.5 Å². The van der Waals surface area contributed by atoms with E-state index in [-0.39, 0.29) is 5.41 Å². The molecule has 0 aromatic heterocycles. The molecule has 4 atom stereocenters. The summed E-state index contributed by atoms with van der Waals surface area (Å²) in [5.74, 6) is 1.72. The van der Waals surface area contributed by atoms with Crippen molar-refractivity contribution in [2.24, 2.45) is 17.3 Å². The Balaban J connectivity index is 2.02. The van der Waals surface area contributed by atoms with Crippen LogP contribution in [0.15, 0.2) is 30.3 Å². The second kappa shape index (κ2) is 4.70. The van der Waals surface area contributed by atoms with Crippen LogP contribution >= 0.6 is 12.2 Å². The van der Waals surface area contributed by atoms with Crippen LogP contribution in [0.25, 0.3) is 0 Å². The van der Waals surface area contributed by atoms with Crippen LogP contribution in [-0.4, -0.2) is 5.37 Å². The van der Waals surface area contributed by atoms with E-state index in [1.165, 1.54) is 32.1 Å². The summed E-state index contributed by atoms with van der Waals surface area (Å²) in [4.78, 5) is 0. The van der Waals surface area contributed by atoms with Crippen LogP contribution in [0, 0.1) is 17.3 Å². The van der Waals surface area contributed by atoms with Crippen LogP contribution in [0.2, 0.25) is 0 Å². The van der Waals surface area contributed by atoms with Crippen LogP contribution in [-0.2, 0) is 5.41 Å². The summed E-state index contributed by atoms with van der Waals surface area (Å²) in [7, 11) is 0. The van der Waals surface area contributed by atoms with Crippen molar-refractivity contribution in [2.75, 3.05) is 0 Å². The monoisotopic (exact) mass is 272 g/mol. The van der Waals surface area contributed by atoms with Crippen molar-refractivity contribution in [3.8, 4) is 0 Å². The summed E-state index contributed by atoms with van der Waals surface area (Å²) >= 11 is 5.37. The third kappa shape index (κ3) is 2.38. The van der Waals surface area contributed by atoms with Gasteiger partial charge in [-0.3, -0.25) is 0 Å². The average molecular weight is 272 g/mol. The topological polar surface area (TPSA) is 0 Å². The third-order valence-electron chi connectivity index (χ3n) is 5.32. The molecule has 0 nitrogen and oxygen atoms in total. The molecule has 2 aliphatic rings. The van der Waals surface area contributed by atoms with Gasteiger partial charge in [-0.05, 0) is 65.7 Å². The predicted molar refractivity (Wildman–Crippen MR) is 85.6 cm³/mol. The zero-order valence-corrected chi connectivity index (χ0v) is 12.9. The molecular formula is C18H24S. The Morgan fingerprint density at radius 3 is 2.58 bits per heavy atom. The quantitative estimate of drug-likeness (QED) is 0.670. The molecule has 2 bridgehead atoms. The number of hydrogen-bond donors (Lipinski definition) is 0. The Morgan fingerprint density at radius 2 is 1.89 bits per heavy atom. The molecule has 2 fully saturated rings. The van der Waals surface area contributed by atoms with Gasteiger partial charge in [0.2, 0.25) is 0 Å². The molecule has 4 unspecified atom stereocenters. The van der Waals surface area contributed by atoms with Gasteiger partial charge in [-0.1, -0.05) is 56.4 Å². The summed E-state index contributed by atoms with van der Waals surface area (Å²) in [5.41, 5.74) is 2.19. The van der Waals surface area contributed by atoms with Gasteiger partial charge >= 0.3 is 0 Å². The lowest BCUT2D eigenvalue weighted by atomic mass is 9.51. The molecular weight excluding hydrogens is 248 g/mol. The standard InChI is InChI=1S/C18H24S/c1-14-8-15-10-17(2,13-19)12-18(9-14,11-15)16-6-4-3-5-7-16/h3-7,13-15H,8-12H2,1-2H3. The van der Waals surface area contributed by atoms with E-state index in [0.29, 0.717) is 5.41 Å². The van der Waals surface area contributed by atoms with Crippen molar-refractivity contribution < 1.29 is 0 Å². The summed E-state index contributed by atoms with van der Waals surface area (Å²) in [6, 6.07) is 11.2. The van der Waals surface area contributed by atoms with E-state index < -0.39 is 0 Å². The van der Waals surface area contributed by atoms with Gasteiger partial charge in [0.05, 0.1) is 0 Å². The molecule has 0 aliphatic heterocycles. The van der Waals surface area contributed by atoms with E-state index in [0.717, 1.165) is 11.8 Å². The molecule has 0 radical (unpaired) electrons. The Bertz CT molecular complexity index is 462. The van der Waals surface area contributed by atoms with Crippen molar-refractivity contribution >= 4 is 17.6 Å². The Hall–Kier alpha value is -0.690. The summed E-state index contributed by atoms with van der Waals surface area (Å²) in [6.07, 6.45) is 6.66. The molecule has 19 heavy (non-hydrogen) atoms. The lowest BCUT2D eigenvalue weighted by Crippen LogP contribution is -2.47. The van der Waals surface area contributed by atoms with Crippen molar-refractivity contribution in [2.45, 2.75) is 51.4 Å². The van der Waals surface area contributed by atoms with E-state index in [9.17, 15) is 0 Å². The van der Waals surface area contributed by atoms with Gasteiger partial charge in [0, 0.05) is 0 Å². The number of hydrogen-bond acceptors (Lipinski definition) is 1. The van der Waals surface area contributed by atoms with Gasteiger partial charge in [-0.2, -0.15) is 0 Å². The molecule has 3 rings (SSSR count). The predicted octanol–water partition coefficient (Wildman–Crippen LogP) is 5.16. The Morgan fingerprint density at radius 1 is 1.16 bits per heavy atom. The first-order valence-corrected chi connectivity index (χ1v) is 8.04. The highest BCUT2D eigenvalue weighted by Crippen LogP contribution is 2.57. The van der Waals surface area contributed by atoms with Crippen LogP contribution in [0.5, 0.6) is 0 Å². The number of benzene rings is 1. The second-order valence-electron chi connectivity index (χ2n) is 7.41. The molecule has 0 N–H and O–H groups in total. The fourth-order valence-corrected chi connectivity index (χ4v) is 5.24. The minimum Gasteiger partial charge on any atom is -0.0929 e. The molecule has 1 aromatic carbocycles. The summed E-state index contributed by atoms with van der Waals surface area (Å²) in [5, 5.41) is 2.06. The van der Waals surface area contributed by atoms with Gasteiger partial charge in [-0.15, -0.1) is 0 Å². The fraction of sp³-hybridized carbons (Fsp3) is 0.611. The van der Waals surface area contributed by atoms with Gasteiger partial charge in [0.15, 0.2) is 0 Å². The highest BCUT2D eigenvalue weighted by atomic mass is 32.1. The van der Waals surface area contributed by atoms with Gasteiger partial charge in [-0.25, -0.2) is 0 Å². The first-order valence-electron chi connectivity index (χ1n) is 7.57. The second-order valence-corrected chi connectivity index (χ2v) is 7.65. The van der Waals surface area contributed by atoms with Crippen LogP contribution in [0.4, 0.5) is 0 Å². The number of thiocarbonyl (C=S) groups is 1. The van der Waals surface area contributed by atoms with Crippen LogP contribution in [0.3, 0.4) is 0 Å². The largest absolute Gasteiger partial charge is 0.0929 e. The van der Waals surface area contributed by atoms with E-state index in [4.69, 9.17) is 12.2 Å². The molecule has 2 saturated carbocycles. The molecule has 0 spiro atoms. The molecule has 1 aromatic rings. The minimum absolute atomic E-state index is 0.258. The Kier molecular flexibility index (Phi) is 3.29. The van der Waals surface area contributed by atoms with Crippen LogP contribution < -0.4 is 0 Å². The lowest BCUT2D eigenvalue weighted by molar-refractivity contribution is 0.0574. The van der Waals surface area contributed by atoms with Crippen molar-refractivity contribution in [1.29, 1.82) is 0 Å². The van der Waals surface area contributed by atoms with Crippen molar-refractivity contribution in [1.82, 2.24) is 0 Å². The fourth-order valence-electron chi connectivity index (χ4n) is 5.06. The molecule has 0 heterocycles. The lowest BCUT2D eigenvalue weighted by Gasteiger charge is -2.54. The third-order valence-corrected chi connectivity index (χ3v) is 5.89. The molecule has 0 amide bonds. The molecule has 102 valence electrons. The van der Waals surface area contributed by atoms with Gasteiger partial charge < -0.3 is 0 Å². The SMILES string of the molecule is CC1CC2CC(C)(C=S)CC(c3ccccc3)(C1)C2. The molecule has 2 aliphatic carbocycles. The zero-order chi connectivity index (χ0) is 13.5. The summed E-state index contributed by atoms with van der Waals surface area (Å²) in [6.45, 7) is 4.81. The maximum atomic E-state index is 5.37. The highest BCUT2D eigenvalue weighted by molar-refractivity contribution is 7.79. The molecule has 1 heteroatoms. The van der Waals surface area contributed by atoms with E-state index in [2.05, 4.69) is 49.5 Å².